The lowest BCUT2D eigenvalue weighted by Crippen LogP contribution is -2.53. The van der Waals surface area contributed by atoms with E-state index < -0.39 is 0 Å². The Morgan fingerprint density at radius 1 is 1.20 bits per heavy atom. The molecule has 0 saturated heterocycles. The number of hydrogen-bond acceptors (Lipinski definition) is 3. The molecule has 3 aliphatic carbocycles. The Kier molecular flexibility index (Phi) is 5.50. The molecular formula is C27H34O3. The van der Waals surface area contributed by atoms with Crippen molar-refractivity contribution < 1.29 is 14.3 Å². The molecular weight excluding hydrogens is 372 g/mol. The quantitative estimate of drug-likeness (QED) is 0.328. The fourth-order valence-electron chi connectivity index (χ4n) is 7.05. The van der Waals surface area contributed by atoms with Crippen LogP contribution in [0.1, 0.15) is 64.4 Å². The summed E-state index contributed by atoms with van der Waals surface area (Å²) in [5, 5.41) is 0. The van der Waals surface area contributed by atoms with Crippen molar-refractivity contribution in [2.24, 2.45) is 28.6 Å². The molecule has 30 heavy (non-hydrogen) atoms. The topological polar surface area (TPSA) is 43.4 Å². The van der Waals surface area contributed by atoms with Crippen LogP contribution in [0.2, 0.25) is 0 Å². The molecule has 5 atom stereocenters. The summed E-state index contributed by atoms with van der Waals surface area (Å²) >= 11 is 0. The molecule has 1 spiro atoms. The maximum Gasteiger partial charge on any atom is 0.306 e. The molecule has 0 unspecified atom stereocenters. The Balaban J connectivity index is 1.51. The number of hydrogen-bond donors (Lipinski definition) is 0. The minimum atomic E-state index is -0.255. The average Bonchev–Trinajstić information content (AvgIpc) is 2.91. The van der Waals surface area contributed by atoms with Crippen molar-refractivity contribution in [1.82, 2.24) is 0 Å². The Hall–Kier alpha value is -2.16. The second kappa shape index (κ2) is 7.83. The number of benzene rings is 1. The minimum Gasteiger partial charge on any atom is -0.461 e. The largest absolute Gasteiger partial charge is 0.461 e. The summed E-state index contributed by atoms with van der Waals surface area (Å²) in [5.74, 6) is 1.16. The van der Waals surface area contributed by atoms with Gasteiger partial charge in [0.05, 0.1) is 0 Å². The molecule has 0 N–H and O–H groups in total. The highest BCUT2D eigenvalue weighted by molar-refractivity contribution is 6.03. The first kappa shape index (κ1) is 21.1. The van der Waals surface area contributed by atoms with E-state index in [2.05, 4.69) is 27.0 Å². The number of Topliss-reactive ketones (excluding diaryl/α,β-unsaturated/α-hetero) is 1. The van der Waals surface area contributed by atoms with Gasteiger partial charge in [-0.25, -0.2) is 0 Å². The second-order valence-electron chi connectivity index (χ2n) is 10.1. The Morgan fingerprint density at radius 2 is 1.93 bits per heavy atom. The third-order valence-corrected chi connectivity index (χ3v) is 8.49. The van der Waals surface area contributed by atoms with Gasteiger partial charge in [-0.15, -0.1) is 0 Å². The molecule has 1 aromatic carbocycles. The zero-order valence-electron chi connectivity index (χ0n) is 18.4. The van der Waals surface area contributed by atoms with Gasteiger partial charge in [-0.05, 0) is 79.8 Å². The lowest BCUT2D eigenvalue weighted by Gasteiger charge is -2.57. The van der Waals surface area contributed by atoms with Crippen molar-refractivity contribution in [3.8, 4) is 0 Å². The van der Waals surface area contributed by atoms with Crippen molar-refractivity contribution in [1.29, 1.82) is 0 Å². The highest BCUT2D eigenvalue weighted by Gasteiger charge is 2.64. The van der Waals surface area contributed by atoms with Crippen LogP contribution in [0.4, 0.5) is 0 Å². The standard InChI is InChI=1S/C27H34O3/c1-18(2)22-12-15-27-16-21(19(3)25(27)29)10-11-23(27)26(22,4)14-13-24(28)30-17-20-8-6-5-7-9-20/h5-9,21-23H,1,3,10-17H2,2,4H3/t21-,22+,23-,26+,27+/m0/s1. The summed E-state index contributed by atoms with van der Waals surface area (Å²) in [6.07, 6.45) is 6.12. The van der Waals surface area contributed by atoms with Gasteiger partial charge >= 0.3 is 5.97 Å². The molecule has 4 rings (SSSR count). The van der Waals surface area contributed by atoms with E-state index >= 15 is 0 Å². The highest BCUT2D eigenvalue weighted by atomic mass is 16.5. The van der Waals surface area contributed by atoms with Gasteiger partial charge in [0.2, 0.25) is 0 Å². The predicted molar refractivity (Wildman–Crippen MR) is 119 cm³/mol. The van der Waals surface area contributed by atoms with E-state index in [0.29, 0.717) is 36.6 Å². The molecule has 0 radical (unpaired) electrons. The van der Waals surface area contributed by atoms with Crippen LogP contribution in [0.25, 0.3) is 0 Å². The molecule has 3 nitrogen and oxygen atoms in total. The molecule has 1 aromatic rings. The third kappa shape index (κ3) is 3.36. The first-order chi connectivity index (χ1) is 14.3. The maximum absolute atomic E-state index is 13.3. The SMILES string of the molecule is C=C1C(=O)[C@@]23CC[C@H](C(=C)C)[C@@](C)(CCC(=O)OCc4ccccc4)[C@@H]2CC[C@H]1C3. The minimum absolute atomic E-state index is 0.110. The first-order valence-electron chi connectivity index (χ1n) is 11.4. The Morgan fingerprint density at radius 3 is 2.63 bits per heavy atom. The number of allylic oxidation sites excluding steroid dienone is 2. The number of rotatable bonds is 6. The number of esters is 1. The summed E-state index contributed by atoms with van der Waals surface area (Å²) < 4.78 is 5.55. The van der Waals surface area contributed by atoms with Crippen molar-refractivity contribution in [3.05, 3.63) is 60.2 Å². The molecule has 0 aromatic heterocycles. The normalized spacial score (nSPS) is 35.1. The van der Waals surface area contributed by atoms with Gasteiger partial charge in [0.15, 0.2) is 5.78 Å². The van der Waals surface area contributed by atoms with E-state index in [1.807, 2.05) is 30.3 Å². The first-order valence-corrected chi connectivity index (χ1v) is 11.4. The van der Waals surface area contributed by atoms with Crippen molar-refractivity contribution in [2.45, 2.75) is 65.4 Å². The molecule has 160 valence electrons. The van der Waals surface area contributed by atoms with E-state index in [4.69, 9.17) is 4.74 Å². The second-order valence-corrected chi connectivity index (χ2v) is 10.1. The van der Waals surface area contributed by atoms with E-state index in [-0.39, 0.29) is 16.8 Å². The number of fused-ring (bicyclic) bond motifs is 1. The van der Waals surface area contributed by atoms with Gasteiger partial charge in [0.1, 0.15) is 6.61 Å². The lowest BCUT2D eigenvalue weighted by atomic mass is 9.46. The average molecular weight is 407 g/mol. The third-order valence-electron chi connectivity index (χ3n) is 8.49. The van der Waals surface area contributed by atoms with Crippen LogP contribution in [0.3, 0.4) is 0 Å². The molecule has 0 aliphatic heterocycles. The van der Waals surface area contributed by atoms with Gasteiger partial charge < -0.3 is 4.74 Å². The fourth-order valence-corrected chi connectivity index (χ4v) is 7.05. The predicted octanol–water partition coefficient (Wildman–Crippen LogP) is 6.04. The van der Waals surface area contributed by atoms with Crippen LogP contribution in [0.5, 0.6) is 0 Å². The van der Waals surface area contributed by atoms with Crippen molar-refractivity contribution >= 4 is 11.8 Å². The lowest BCUT2D eigenvalue weighted by molar-refractivity contribution is -0.149. The molecule has 3 heteroatoms. The zero-order chi connectivity index (χ0) is 21.5. The van der Waals surface area contributed by atoms with Gasteiger partial charge in [-0.2, -0.15) is 0 Å². The Labute approximate surface area is 180 Å². The summed E-state index contributed by atoms with van der Waals surface area (Å²) in [6.45, 7) is 13.2. The Bertz CT molecular complexity index is 869. The highest BCUT2D eigenvalue weighted by Crippen LogP contribution is 2.67. The van der Waals surface area contributed by atoms with Gasteiger partial charge in [0, 0.05) is 11.8 Å². The molecule has 0 amide bonds. The number of carbonyl (C=O) groups is 2. The van der Waals surface area contributed by atoms with Crippen LogP contribution in [0.15, 0.2) is 54.6 Å². The van der Waals surface area contributed by atoms with Crippen molar-refractivity contribution in [3.63, 3.8) is 0 Å². The van der Waals surface area contributed by atoms with E-state index in [0.717, 1.165) is 49.7 Å². The van der Waals surface area contributed by atoms with Crippen LogP contribution in [0, 0.1) is 28.6 Å². The number of ketones is 1. The van der Waals surface area contributed by atoms with Gasteiger partial charge in [-0.3, -0.25) is 9.59 Å². The summed E-state index contributed by atoms with van der Waals surface area (Å²) in [4.78, 5) is 25.9. The van der Waals surface area contributed by atoms with Crippen LogP contribution in [-0.2, 0) is 20.9 Å². The molecule has 3 fully saturated rings. The summed E-state index contributed by atoms with van der Waals surface area (Å²) in [6, 6.07) is 9.79. The number of ether oxygens (including phenoxy) is 1. The molecule has 2 bridgehead atoms. The smallest absolute Gasteiger partial charge is 0.306 e. The summed E-state index contributed by atoms with van der Waals surface area (Å²) in [5.41, 5.74) is 2.67. The molecule has 3 aliphatic rings. The van der Waals surface area contributed by atoms with E-state index in [1.54, 1.807) is 0 Å². The van der Waals surface area contributed by atoms with Gasteiger partial charge in [-0.1, -0.05) is 56.0 Å². The maximum atomic E-state index is 13.3. The van der Waals surface area contributed by atoms with Crippen LogP contribution >= 0.6 is 0 Å². The number of carbonyl (C=O) groups excluding carboxylic acids is 2. The van der Waals surface area contributed by atoms with Crippen LogP contribution in [-0.4, -0.2) is 11.8 Å². The monoisotopic (exact) mass is 406 g/mol. The van der Waals surface area contributed by atoms with Gasteiger partial charge in [0.25, 0.3) is 0 Å². The van der Waals surface area contributed by atoms with Crippen molar-refractivity contribution in [2.75, 3.05) is 0 Å². The van der Waals surface area contributed by atoms with E-state index in [1.165, 1.54) is 5.57 Å². The van der Waals surface area contributed by atoms with Crippen LogP contribution < -0.4 is 0 Å². The molecule has 0 heterocycles. The van der Waals surface area contributed by atoms with E-state index in [9.17, 15) is 9.59 Å². The molecule has 3 saturated carbocycles. The summed E-state index contributed by atoms with van der Waals surface area (Å²) in [7, 11) is 0. The fraction of sp³-hybridized carbons (Fsp3) is 0.556. The zero-order valence-corrected chi connectivity index (χ0v) is 18.4.